The highest BCUT2D eigenvalue weighted by molar-refractivity contribution is 7.99. The van der Waals surface area contributed by atoms with Crippen molar-refractivity contribution in [2.45, 2.75) is 25.5 Å². The van der Waals surface area contributed by atoms with Gasteiger partial charge in [-0.3, -0.25) is 14.6 Å². The lowest BCUT2D eigenvalue weighted by Crippen LogP contribution is -2.21. The summed E-state index contributed by atoms with van der Waals surface area (Å²) in [7, 11) is 4.50. The van der Waals surface area contributed by atoms with E-state index in [2.05, 4.69) is 20.5 Å². The van der Waals surface area contributed by atoms with Gasteiger partial charge in [0.2, 0.25) is 5.91 Å². The van der Waals surface area contributed by atoms with Crippen molar-refractivity contribution in [2.75, 3.05) is 32.3 Å². The smallest absolute Gasteiger partial charge is 0.341 e. The van der Waals surface area contributed by atoms with Crippen LogP contribution >= 0.6 is 23.1 Å². The van der Waals surface area contributed by atoms with Crippen LogP contribution in [0.15, 0.2) is 29.7 Å². The Balaban J connectivity index is 1.78. The minimum absolute atomic E-state index is 0.0414. The number of carbonyl (C=O) groups is 3. The second-order valence-corrected chi connectivity index (χ2v) is 9.04. The van der Waals surface area contributed by atoms with Crippen molar-refractivity contribution in [1.82, 2.24) is 24.6 Å². The molecule has 0 unspecified atom stereocenters. The molecule has 0 fully saturated rings. The van der Waals surface area contributed by atoms with Gasteiger partial charge in [0.25, 0.3) is 5.91 Å². The molecule has 3 aromatic rings. The molecule has 0 saturated carbocycles. The van der Waals surface area contributed by atoms with Crippen LogP contribution in [-0.2, 0) is 16.1 Å². The van der Waals surface area contributed by atoms with Crippen LogP contribution in [0.1, 0.15) is 32.5 Å². The monoisotopic (exact) mass is 488 g/mol. The first-order valence-corrected chi connectivity index (χ1v) is 11.8. The Labute approximate surface area is 199 Å². The number of nitrogens with one attached hydrogen (secondary N) is 1. The molecule has 12 heteroatoms. The van der Waals surface area contributed by atoms with E-state index in [0.717, 1.165) is 16.9 Å². The van der Waals surface area contributed by atoms with Gasteiger partial charge in [-0.05, 0) is 31.5 Å². The summed E-state index contributed by atoms with van der Waals surface area (Å²) < 4.78 is 6.76. The van der Waals surface area contributed by atoms with Crippen LogP contribution < -0.4 is 5.32 Å². The zero-order chi connectivity index (χ0) is 24.1. The van der Waals surface area contributed by atoms with Crippen LogP contribution in [0, 0.1) is 6.92 Å². The van der Waals surface area contributed by atoms with E-state index in [1.807, 2.05) is 23.6 Å². The number of hydrogen-bond acceptors (Lipinski definition) is 9. The fraction of sp³-hybridized carbons (Fsp3) is 0.333. The highest BCUT2D eigenvalue weighted by Crippen LogP contribution is 2.34. The van der Waals surface area contributed by atoms with E-state index in [-0.39, 0.29) is 28.1 Å². The first-order valence-electron chi connectivity index (χ1n) is 9.98. The maximum atomic E-state index is 12.7. The molecule has 0 spiro atoms. The zero-order valence-corrected chi connectivity index (χ0v) is 20.5. The normalized spacial score (nSPS) is 10.7. The molecule has 0 aromatic carbocycles. The largest absolute Gasteiger partial charge is 0.465 e. The van der Waals surface area contributed by atoms with Gasteiger partial charge in [-0.1, -0.05) is 11.8 Å². The van der Waals surface area contributed by atoms with E-state index in [4.69, 9.17) is 4.74 Å². The van der Waals surface area contributed by atoms with Gasteiger partial charge in [0.1, 0.15) is 5.00 Å². The fourth-order valence-corrected chi connectivity index (χ4v) is 5.07. The SMILES string of the molecule is CCn1c(SCC(=O)Nc2sc(C(=O)N(C)C)c(C)c2C(=O)OC)nnc1-c1cccnc1. The first kappa shape index (κ1) is 24.4. The van der Waals surface area contributed by atoms with E-state index in [0.29, 0.717) is 28.0 Å². The number of nitrogens with zero attached hydrogens (tertiary/aromatic N) is 5. The van der Waals surface area contributed by atoms with Crippen molar-refractivity contribution in [3.8, 4) is 11.4 Å². The number of rotatable bonds is 8. The van der Waals surface area contributed by atoms with Gasteiger partial charge < -0.3 is 19.5 Å². The Morgan fingerprint density at radius 2 is 2.03 bits per heavy atom. The Bertz CT molecular complexity index is 1170. The number of methoxy groups -OCH3 is 1. The average Bonchev–Trinajstić information content (AvgIpc) is 3.37. The lowest BCUT2D eigenvalue weighted by molar-refractivity contribution is -0.113. The van der Waals surface area contributed by atoms with E-state index in [9.17, 15) is 14.4 Å². The second kappa shape index (κ2) is 10.6. The third kappa shape index (κ3) is 5.22. The van der Waals surface area contributed by atoms with E-state index in [1.165, 1.54) is 23.8 Å². The average molecular weight is 489 g/mol. The highest BCUT2D eigenvalue weighted by Gasteiger charge is 2.27. The molecule has 0 aliphatic heterocycles. The molecule has 3 aromatic heterocycles. The summed E-state index contributed by atoms with van der Waals surface area (Å²) in [5, 5.41) is 12.1. The summed E-state index contributed by atoms with van der Waals surface area (Å²) in [6.07, 6.45) is 3.39. The standard InChI is InChI=1S/C21H24N6O4S2/c1-6-27-17(13-8-7-9-22-10-13)24-25-21(27)32-11-14(28)23-18-15(20(30)31-5)12(2)16(33-18)19(29)26(3)4/h7-10H,6,11H2,1-5H3,(H,23,28). The number of thioether (sulfide) groups is 1. The lowest BCUT2D eigenvalue weighted by Gasteiger charge is -2.08. The minimum atomic E-state index is -0.614. The highest BCUT2D eigenvalue weighted by atomic mass is 32.2. The molecule has 174 valence electrons. The van der Waals surface area contributed by atoms with Crippen molar-refractivity contribution in [1.29, 1.82) is 0 Å². The summed E-state index contributed by atoms with van der Waals surface area (Å²) in [5.74, 6) is -0.501. The maximum Gasteiger partial charge on any atom is 0.341 e. The third-order valence-electron chi connectivity index (χ3n) is 4.67. The molecule has 3 heterocycles. The molecule has 0 saturated heterocycles. The molecule has 33 heavy (non-hydrogen) atoms. The number of carbonyl (C=O) groups excluding carboxylic acids is 3. The van der Waals surface area contributed by atoms with Gasteiger partial charge in [0.15, 0.2) is 11.0 Å². The third-order valence-corrected chi connectivity index (χ3v) is 6.84. The van der Waals surface area contributed by atoms with Crippen molar-refractivity contribution in [3.63, 3.8) is 0 Å². The van der Waals surface area contributed by atoms with Crippen LogP contribution in [0.3, 0.4) is 0 Å². The topological polar surface area (TPSA) is 119 Å². The van der Waals surface area contributed by atoms with Gasteiger partial charge in [-0.15, -0.1) is 21.5 Å². The molecule has 10 nitrogen and oxygen atoms in total. The number of thiophene rings is 1. The summed E-state index contributed by atoms with van der Waals surface area (Å²) >= 11 is 2.28. The number of aromatic nitrogens is 4. The number of hydrogen-bond donors (Lipinski definition) is 1. The van der Waals surface area contributed by atoms with Crippen molar-refractivity contribution in [2.24, 2.45) is 0 Å². The fourth-order valence-electron chi connectivity index (χ4n) is 3.04. The Morgan fingerprint density at radius 1 is 1.27 bits per heavy atom. The number of amides is 2. The van der Waals surface area contributed by atoms with Crippen LogP contribution in [0.2, 0.25) is 0 Å². The summed E-state index contributed by atoms with van der Waals surface area (Å²) in [6, 6.07) is 3.71. The first-order chi connectivity index (χ1) is 15.8. The summed E-state index contributed by atoms with van der Waals surface area (Å²) in [4.78, 5) is 43.4. The predicted molar refractivity (Wildman–Crippen MR) is 127 cm³/mol. The van der Waals surface area contributed by atoms with Crippen LogP contribution in [0.5, 0.6) is 0 Å². The summed E-state index contributed by atoms with van der Waals surface area (Å²) in [6.45, 7) is 4.25. The molecule has 2 amide bonds. The van der Waals surface area contributed by atoms with Gasteiger partial charge in [-0.2, -0.15) is 0 Å². The van der Waals surface area contributed by atoms with Gasteiger partial charge >= 0.3 is 5.97 Å². The van der Waals surface area contributed by atoms with Gasteiger partial charge in [0, 0.05) is 38.6 Å². The van der Waals surface area contributed by atoms with Crippen molar-refractivity contribution in [3.05, 3.63) is 40.5 Å². The molecule has 0 aliphatic carbocycles. The molecular weight excluding hydrogens is 464 g/mol. The molecule has 1 N–H and O–H groups in total. The van der Waals surface area contributed by atoms with Gasteiger partial charge in [0.05, 0.1) is 23.3 Å². The van der Waals surface area contributed by atoms with Crippen LogP contribution in [-0.4, -0.2) is 69.4 Å². The second-order valence-electron chi connectivity index (χ2n) is 7.08. The molecule has 3 rings (SSSR count). The zero-order valence-electron chi connectivity index (χ0n) is 18.9. The molecule has 0 atom stereocenters. The van der Waals surface area contributed by atoms with Crippen molar-refractivity contribution < 1.29 is 19.1 Å². The number of ether oxygens (including phenoxy) is 1. The van der Waals surface area contributed by atoms with Gasteiger partial charge in [-0.25, -0.2) is 4.79 Å². The van der Waals surface area contributed by atoms with Crippen LogP contribution in [0.4, 0.5) is 5.00 Å². The number of anilines is 1. The Hall–Kier alpha value is -3.25. The van der Waals surface area contributed by atoms with E-state index < -0.39 is 5.97 Å². The molecule has 0 bridgehead atoms. The Morgan fingerprint density at radius 3 is 2.64 bits per heavy atom. The lowest BCUT2D eigenvalue weighted by atomic mass is 10.1. The Kier molecular flexibility index (Phi) is 7.82. The predicted octanol–water partition coefficient (Wildman–Crippen LogP) is 2.95. The van der Waals surface area contributed by atoms with Crippen molar-refractivity contribution >= 4 is 45.9 Å². The molecular formula is C21H24N6O4S2. The number of pyridine rings is 1. The van der Waals surface area contributed by atoms with E-state index in [1.54, 1.807) is 33.4 Å². The molecule has 0 radical (unpaired) electrons. The quantitative estimate of drug-likeness (QED) is 0.380. The number of esters is 1. The van der Waals surface area contributed by atoms with Crippen LogP contribution in [0.25, 0.3) is 11.4 Å². The summed E-state index contributed by atoms with van der Waals surface area (Å²) in [5.41, 5.74) is 1.49. The maximum absolute atomic E-state index is 12.7. The molecule has 0 aliphatic rings. The van der Waals surface area contributed by atoms with E-state index >= 15 is 0 Å². The minimum Gasteiger partial charge on any atom is -0.465 e.